The molecule has 5 nitrogen and oxygen atoms in total. The van der Waals surface area contributed by atoms with Gasteiger partial charge in [-0.2, -0.15) is 11.8 Å². The molecule has 7 heteroatoms. The van der Waals surface area contributed by atoms with Crippen LogP contribution in [0.25, 0.3) is 0 Å². The van der Waals surface area contributed by atoms with E-state index in [-0.39, 0.29) is 36.0 Å². The quantitative estimate of drug-likeness (QED) is 0.746. The molecule has 0 radical (unpaired) electrons. The lowest BCUT2D eigenvalue weighted by Crippen LogP contribution is -2.39. The van der Waals surface area contributed by atoms with Gasteiger partial charge in [-0.25, -0.2) is 8.42 Å². The predicted octanol–water partition coefficient (Wildman–Crippen LogP) is -0.00650. The van der Waals surface area contributed by atoms with Gasteiger partial charge in [-0.3, -0.25) is 4.79 Å². The van der Waals surface area contributed by atoms with Gasteiger partial charge >= 0.3 is 0 Å². The van der Waals surface area contributed by atoms with E-state index in [0.29, 0.717) is 12.2 Å². The molecule has 1 heterocycles. The summed E-state index contributed by atoms with van der Waals surface area (Å²) >= 11 is 1.48. The summed E-state index contributed by atoms with van der Waals surface area (Å²) in [5, 5.41) is 8.86. The fourth-order valence-corrected chi connectivity index (χ4v) is 4.56. The molecule has 2 unspecified atom stereocenters. The highest BCUT2D eigenvalue weighted by atomic mass is 32.2. The molecule has 106 valence electrons. The summed E-state index contributed by atoms with van der Waals surface area (Å²) in [6.07, 6.45) is 0.544. The van der Waals surface area contributed by atoms with Gasteiger partial charge in [-0.15, -0.1) is 0 Å². The zero-order chi connectivity index (χ0) is 13.8. The Labute approximate surface area is 113 Å². The van der Waals surface area contributed by atoms with Gasteiger partial charge in [0.05, 0.1) is 17.3 Å². The number of hydrogen-bond donors (Lipinski definition) is 1. The highest BCUT2D eigenvalue weighted by Crippen LogP contribution is 2.18. The van der Waals surface area contributed by atoms with E-state index in [1.165, 1.54) is 11.8 Å². The van der Waals surface area contributed by atoms with E-state index in [1.807, 2.05) is 6.92 Å². The molecule has 1 saturated heterocycles. The van der Waals surface area contributed by atoms with Crippen molar-refractivity contribution in [2.45, 2.75) is 19.4 Å². The largest absolute Gasteiger partial charge is 0.396 e. The fraction of sp³-hybridized carbons (Fsp3) is 0.909. The van der Waals surface area contributed by atoms with Crippen molar-refractivity contribution in [2.75, 3.05) is 36.7 Å². The summed E-state index contributed by atoms with van der Waals surface area (Å²) < 4.78 is 22.7. The number of hydrogen-bond acceptors (Lipinski definition) is 5. The van der Waals surface area contributed by atoms with Crippen molar-refractivity contribution in [3.05, 3.63) is 0 Å². The number of thioether (sulfide) groups is 1. The highest BCUT2D eigenvalue weighted by molar-refractivity contribution is 7.99. The highest BCUT2D eigenvalue weighted by Gasteiger charge is 2.32. The Kier molecular flexibility index (Phi) is 5.94. The molecule has 0 aliphatic carbocycles. The number of aliphatic hydroxyl groups excluding tert-OH is 1. The lowest BCUT2D eigenvalue weighted by Gasteiger charge is -2.23. The van der Waals surface area contributed by atoms with Gasteiger partial charge in [0, 0.05) is 19.7 Å². The minimum absolute atomic E-state index is 0.0350. The topological polar surface area (TPSA) is 74.7 Å². The van der Waals surface area contributed by atoms with Gasteiger partial charge in [0.15, 0.2) is 9.84 Å². The molecule has 1 aliphatic rings. The van der Waals surface area contributed by atoms with Gasteiger partial charge in [0.25, 0.3) is 0 Å². The number of carbonyl (C=O) groups is 1. The van der Waals surface area contributed by atoms with E-state index in [2.05, 4.69) is 0 Å². The predicted molar refractivity (Wildman–Crippen MR) is 73.4 cm³/mol. The van der Waals surface area contributed by atoms with Gasteiger partial charge in [0.1, 0.15) is 0 Å². The third kappa shape index (κ3) is 4.78. The maximum Gasteiger partial charge on any atom is 0.232 e. The minimum Gasteiger partial charge on any atom is -0.396 e. The van der Waals surface area contributed by atoms with Gasteiger partial charge in [-0.1, -0.05) is 6.92 Å². The van der Waals surface area contributed by atoms with E-state index in [9.17, 15) is 13.2 Å². The molecule has 1 N–H and O–H groups in total. The summed E-state index contributed by atoms with van der Waals surface area (Å²) in [4.78, 5) is 13.4. The van der Waals surface area contributed by atoms with Crippen LogP contribution in [0.2, 0.25) is 0 Å². The minimum atomic E-state index is -2.95. The first-order valence-electron chi connectivity index (χ1n) is 6.00. The summed E-state index contributed by atoms with van der Waals surface area (Å²) in [7, 11) is -1.28. The third-order valence-corrected chi connectivity index (χ3v) is 6.10. The van der Waals surface area contributed by atoms with Crippen molar-refractivity contribution in [3.63, 3.8) is 0 Å². The molecule has 0 aromatic heterocycles. The molecule has 0 saturated carbocycles. The zero-order valence-electron chi connectivity index (χ0n) is 10.8. The van der Waals surface area contributed by atoms with Crippen LogP contribution in [-0.2, 0) is 14.6 Å². The molecule has 1 fully saturated rings. The molecule has 0 aromatic carbocycles. The Hall–Kier alpha value is -0.270. The second-order valence-electron chi connectivity index (χ2n) is 4.86. The monoisotopic (exact) mass is 295 g/mol. The summed E-state index contributed by atoms with van der Waals surface area (Å²) in [6, 6.07) is -0.168. The number of aliphatic hydroxyl groups is 1. The van der Waals surface area contributed by atoms with Crippen LogP contribution < -0.4 is 0 Å². The first-order valence-corrected chi connectivity index (χ1v) is 8.98. The number of carbonyl (C=O) groups excluding carboxylic acids is 1. The molecule has 1 aliphatic heterocycles. The van der Waals surface area contributed by atoms with Crippen LogP contribution in [0.4, 0.5) is 0 Å². The third-order valence-electron chi connectivity index (χ3n) is 3.09. The molecule has 1 rings (SSSR count). The molecule has 0 aromatic rings. The van der Waals surface area contributed by atoms with Crippen LogP contribution in [0.1, 0.15) is 13.3 Å². The van der Waals surface area contributed by atoms with E-state index in [1.54, 1.807) is 11.9 Å². The average Bonchev–Trinajstić information content (AvgIpc) is 2.68. The number of sulfone groups is 1. The second-order valence-corrected chi connectivity index (χ2v) is 8.12. The van der Waals surface area contributed by atoms with Crippen LogP contribution in [0.3, 0.4) is 0 Å². The van der Waals surface area contributed by atoms with E-state index in [0.717, 1.165) is 5.75 Å². The second kappa shape index (κ2) is 6.77. The number of rotatable bonds is 6. The Balaban J connectivity index is 2.34. The number of amides is 1. The SMILES string of the molecule is CC(CO)CSCC(=O)N(C)C1CCS(=O)(=O)C1. The van der Waals surface area contributed by atoms with E-state index >= 15 is 0 Å². The molecular weight excluding hydrogens is 274 g/mol. The molecule has 18 heavy (non-hydrogen) atoms. The summed E-state index contributed by atoms with van der Waals surface area (Å²) in [6.45, 7) is 2.04. The maximum atomic E-state index is 11.9. The molecule has 1 amide bonds. The summed E-state index contributed by atoms with van der Waals surface area (Å²) in [5.74, 6) is 1.50. The normalized spacial score (nSPS) is 23.8. The average molecular weight is 295 g/mol. The van der Waals surface area contributed by atoms with Gasteiger partial charge in [-0.05, 0) is 18.1 Å². The molecule has 0 spiro atoms. The number of nitrogens with zero attached hydrogens (tertiary/aromatic N) is 1. The lowest BCUT2D eigenvalue weighted by atomic mass is 10.2. The van der Waals surface area contributed by atoms with Gasteiger partial charge < -0.3 is 10.0 Å². The smallest absolute Gasteiger partial charge is 0.232 e. The maximum absolute atomic E-state index is 11.9. The van der Waals surface area contributed by atoms with Crippen LogP contribution in [0, 0.1) is 5.92 Å². The Morgan fingerprint density at radius 3 is 2.72 bits per heavy atom. The van der Waals surface area contributed by atoms with Crippen LogP contribution in [0.5, 0.6) is 0 Å². The van der Waals surface area contributed by atoms with E-state index in [4.69, 9.17) is 5.11 Å². The molecule has 2 atom stereocenters. The lowest BCUT2D eigenvalue weighted by molar-refractivity contribution is -0.128. The van der Waals surface area contributed by atoms with Crippen LogP contribution >= 0.6 is 11.8 Å². The van der Waals surface area contributed by atoms with E-state index < -0.39 is 9.84 Å². The van der Waals surface area contributed by atoms with Crippen molar-refractivity contribution >= 4 is 27.5 Å². The van der Waals surface area contributed by atoms with Crippen molar-refractivity contribution < 1.29 is 18.3 Å². The van der Waals surface area contributed by atoms with Crippen LogP contribution in [0.15, 0.2) is 0 Å². The van der Waals surface area contributed by atoms with Crippen molar-refractivity contribution in [3.8, 4) is 0 Å². The first kappa shape index (κ1) is 15.8. The van der Waals surface area contributed by atoms with Gasteiger partial charge in [0.2, 0.25) is 5.91 Å². The zero-order valence-corrected chi connectivity index (χ0v) is 12.5. The Morgan fingerprint density at radius 2 is 2.22 bits per heavy atom. The standard InChI is InChI=1S/C11H21NO4S2/c1-9(5-13)6-17-7-11(14)12(2)10-3-4-18(15,16)8-10/h9-10,13H,3-8H2,1-2H3. The van der Waals surface area contributed by atoms with Crippen molar-refractivity contribution in [1.29, 1.82) is 0 Å². The fourth-order valence-electron chi connectivity index (χ4n) is 1.79. The molecule has 0 bridgehead atoms. The van der Waals surface area contributed by atoms with Crippen molar-refractivity contribution in [1.82, 2.24) is 4.90 Å². The Morgan fingerprint density at radius 1 is 1.56 bits per heavy atom. The molecular formula is C11H21NO4S2. The summed E-state index contributed by atoms with van der Waals surface area (Å²) in [5.41, 5.74) is 0. The van der Waals surface area contributed by atoms with Crippen molar-refractivity contribution in [2.24, 2.45) is 5.92 Å². The Bertz CT molecular complexity index is 383. The van der Waals surface area contributed by atoms with Crippen LogP contribution in [-0.4, -0.2) is 67.0 Å². The first-order chi connectivity index (χ1) is 8.35.